The third-order valence-corrected chi connectivity index (χ3v) is 3.19. The van der Waals surface area contributed by atoms with Crippen molar-refractivity contribution >= 4 is 0 Å². The lowest BCUT2D eigenvalue weighted by molar-refractivity contribution is -0.137. The summed E-state index contributed by atoms with van der Waals surface area (Å²) in [6.45, 7) is 0.912. The number of alkyl halides is 3. The molecule has 1 aromatic carbocycles. The van der Waals surface area contributed by atoms with Gasteiger partial charge in [0.15, 0.2) is 0 Å². The zero-order valence-electron chi connectivity index (χ0n) is 12.1. The molecule has 2 nitrogen and oxygen atoms in total. The Morgan fingerprint density at radius 3 is 2.43 bits per heavy atom. The highest BCUT2D eigenvalue weighted by Gasteiger charge is 2.34. The predicted molar refractivity (Wildman–Crippen MR) is 76.0 cm³/mol. The first-order valence-electron chi connectivity index (χ1n) is 6.78. The fourth-order valence-electron chi connectivity index (χ4n) is 2.17. The van der Waals surface area contributed by atoms with Crippen LogP contribution in [0.2, 0.25) is 0 Å². The number of furan rings is 1. The van der Waals surface area contributed by atoms with Crippen LogP contribution in [-0.2, 0) is 12.6 Å². The van der Waals surface area contributed by atoms with Crippen LogP contribution in [0.3, 0.4) is 0 Å². The number of benzene rings is 1. The van der Waals surface area contributed by atoms with E-state index < -0.39 is 11.7 Å². The number of nitrogens with zero attached hydrogens (tertiary/aromatic N) is 1. The van der Waals surface area contributed by atoms with E-state index in [0.717, 1.165) is 19.0 Å². The maximum Gasteiger partial charge on any atom is 0.417 e. The minimum atomic E-state index is -4.38. The van der Waals surface area contributed by atoms with E-state index in [-0.39, 0.29) is 11.3 Å². The molecule has 0 saturated heterocycles. The first-order valence-corrected chi connectivity index (χ1v) is 6.78. The van der Waals surface area contributed by atoms with E-state index >= 15 is 0 Å². The summed E-state index contributed by atoms with van der Waals surface area (Å²) in [4.78, 5) is 2.06. The molecule has 0 spiro atoms. The third kappa shape index (κ3) is 4.11. The number of aryl methyl sites for hydroxylation is 1. The lowest BCUT2D eigenvalue weighted by Gasteiger charge is -2.10. The molecule has 1 aromatic heterocycles. The second-order valence-electron chi connectivity index (χ2n) is 5.22. The Morgan fingerprint density at radius 2 is 1.76 bits per heavy atom. The molecule has 0 aliphatic carbocycles. The Hall–Kier alpha value is -1.75. The fraction of sp³-hybridized carbons (Fsp3) is 0.375. The van der Waals surface area contributed by atoms with E-state index in [4.69, 9.17) is 4.42 Å². The van der Waals surface area contributed by atoms with Gasteiger partial charge in [-0.1, -0.05) is 18.2 Å². The number of hydrogen-bond donors (Lipinski definition) is 0. The van der Waals surface area contributed by atoms with Gasteiger partial charge in [0.1, 0.15) is 11.5 Å². The van der Waals surface area contributed by atoms with Crippen LogP contribution in [0.1, 0.15) is 17.7 Å². The highest BCUT2D eigenvalue weighted by Crippen LogP contribution is 2.37. The first-order chi connectivity index (χ1) is 9.88. The summed E-state index contributed by atoms with van der Waals surface area (Å²) in [5.74, 6) is 0.978. The van der Waals surface area contributed by atoms with Crippen molar-refractivity contribution in [1.29, 1.82) is 0 Å². The first kappa shape index (κ1) is 15.6. The monoisotopic (exact) mass is 297 g/mol. The summed E-state index contributed by atoms with van der Waals surface area (Å²) in [6.07, 6.45) is -2.76. The van der Waals surface area contributed by atoms with Crippen LogP contribution in [-0.4, -0.2) is 25.5 Å². The number of halogens is 3. The Kier molecular flexibility index (Phi) is 4.73. The molecule has 2 rings (SSSR count). The fourth-order valence-corrected chi connectivity index (χ4v) is 2.17. The van der Waals surface area contributed by atoms with Crippen LogP contribution in [0.5, 0.6) is 0 Å². The van der Waals surface area contributed by atoms with Crippen LogP contribution in [0, 0.1) is 0 Å². The smallest absolute Gasteiger partial charge is 0.417 e. The number of rotatable bonds is 5. The van der Waals surface area contributed by atoms with Crippen molar-refractivity contribution in [2.45, 2.75) is 19.0 Å². The van der Waals surface area contributed by atoms with Gasteiger partial charge in [0.2, 0.25) is 0 Å². The van der Waals surface area contributed by atoms with Gasteiger partial charge in [-0.05, 0) is 45.3 Å². The van der Waals surface area contributed by atoms with Crippen molar-refractivity contribution in [2.75, 3.05) is 20.6 Å². The summed E-state index contributed by atoms with van der Waals surface area (Å²) in [6, 6.07) is 8.83. The summed E-state index contributed by atoms with van der Waals surface area (Å²) < 4.78 is 44.5. The van der Waals surface area contributed by atoms with E-state index in [1.165, 1.54) is 12.1 Å². The largest absolute Gasteiger partial charge is 0.461 e. The lowest BCUT2D eigenvalue weighted by atomic mass is 10.1. The molecule has 0 N–H and O–H groups in total. The normalized spacial score (nSPS) is 12.1. The average molecular weight is 297 g/mol. The van der Waals surface area contributed by atoms with Crippen LogP contribution in [0.25, 0.3) is 11.3 Å². The van der Waals surface area contributed by atoms with Crippen molar-refractivity contribution < 1.29 is 17.6 Å². The maximum absolute atomic E-state index is 13.0. The predicted octanol–water partition coefficient (Wildman–Crippen LogP) is 4.46. The van der Waals surface area contributed by atoms with Crippen LogP contribution >= 0.6 is 0 Å². The molecule has 0 unspecified atom stereocenters. The summed E-state index contributed by atoms with van der Waals surface area (Å²) >= 11 is 0. The zero-order chi connectivity index (χ0) is 15.5. The minimum Gasteiger partial charge on any atom is -0.461 e. The highest BCUT2D eigenvalue weighted by atomic mass is 19.4. The van der Waals surface area contributed by atoms with Gasteiger partial charge in [-0.25, -0.2) is 0 Å². The standard InChI is InChI=1S/C16H18F3NO/c1-20(2)11-5-6-12-9-10-15(21-12)13-7-3-4-8-14(13)16(17,18)19/h3-4,7-10H,5-6,11H2,1-2H3. The van der Waals surface area contributed by atoms with Gasteiger partial charge in [0.25, 0.3) is 0 Å². The molecule has 5 heteroatoms. The molecule has 0 radical (unpaired) electrons. The van der Waals surface area contributed by atoms with E-state index in [0.29, 0.717) is 12.2 Å². The van der Waals surface area contributed by atoms with Crippen molar-refractivity contribution in [2.24, 2.45) is 0 Å². The van der Waals surface area contributed by atoms with Crippen molar-refractivity contribution in [3.8, 4) is 11.3 Å². The summed E-state index contributed by atoms with van der Waals surface area (Å²) in [5.41, 5.74) is -0.581. The second-order valence-corrected chi connectivity index (χ2v) is 5.22. The zero-order valence-corrected chi connectivity index (χ0v) is 12.1. The molecular formula is C16H18F3NO. The molecule has 1 heterocycles. The maximum atomic E-state index is 13.0. The highest BCUT2D eigenvalue weighted by molar-refractivity contribution is 5.63. The van der Waals surface area contributed by atoms with Crippen molar-refractivity contribution in [3.63, 3.8) is 0 Å². The molecule has 0 aliphatic rings. The van der Waals surface area contributed by atoms with Crippen molar-refractivity contribution in [1.82, 2.24) is 4.90 Å². The van der Waals surface area contributed by atoms with Crippen LogP contribution in [0.4, 0.5) is 13.2 Å². The second kappa shape index (κ2) is 6.35. The Morgan fingerprint density at radius 1 is 1.05 bits per heavy atom. The van der Waals surface area contributed by atoms with Gasteiger partial charge in [0, 0.05) is 12.0 Å². The van der Waals surface area contributed by atoms with E-state index in [1.807, 2.05) is 14.1 Å². The molecule has 0 bridgehead atoms. The van der Waals surface area contributed by atoms with Crippen molar-refractivity contribution in [3.05, 3.63) is 47.7 Å². The van der Waals surface area contributed by atoms with E-state index in [2.05, 4.69) is 4.90 Å². The summed E-state index contributed by atoms with van der Waals surface area (Å²) in [5, 5.41) is 0. The molecule has 21 heavy (non-hydrogen) atoms. The van der Waals surface area contributed by atoms with E-state index in [1.54, 1.807) is 18.2 Å². The van der Waals surface area contributed by atoms with Gasteiger partial charge in [-0.3, -0.25) is 0 Å². The lowest BCUT2D eigenvalue weighted by Crippen LogP contribution is -2.13. The summed E-state index contributed by atoms with van der Waals surface area (Å²) in [7, 11) is 3.96. The van der Waals surface area contributed by atoms with Crippen LogP contribution < -0.4 is 0 Å². The molecule has 114 valence electrons. The molecule has 0 atom stereocenters. The van der Waals surface area contributed by atoms with Gasteiger partial charge in [0.05, 0.1) is 5.56 Å². The molecule has 0 amide bonds. The quantitative estimate of drug-likeness (QED) is 0.810. The van der Waals surface area contributed by atoms with Gasteiger partial charge < -0.3 is 9.32 Å². The topological polar surface area (TPSA) is 16.4 Å². The number of hydrogen-bond acceptors (Lipinski definition) is 2. The molecule has 0 fully saturated rings. The average Bonchev–Trinajstić information content (AvgIpc) is 2.86. The van der Waals surface area contributed by atoms with E-state index in [9.17, 15) is 13.2 Å². The van der Waals surface area contributed by atoms with Gasteiger partial charge in [-0.15, -0.1) is 0 Å². The SMILES string of the molecule is CN(C)CCCc1ccc(-c2ccccc2C(F)(F)F)o1. The van der Waals surface area contributed by atoms with Crippen LogP contribution in [0.15, 0.2) is 40.8 Å². The minimum absolute atomic E-state index is 0.0869. The Labute approximate surface area is 122 Å². The van der Waals surface area contributed by atoms with Gasteiger partial charge >= 0.3 is 6.18 Å². The molecule has 0 aliphatic heterocycles. The van der Waals surface area contributed by atoms with Gasteiger partial charge in [-0.2, -0.15) is 13.2 Å². The Balaban J connectivity index is 2.18. The molecule has 2 aromatic rings. The molecular weight excluding hydrogens is 279 g/mol. The third-order valence-electron chi connectivity index (χ3n) is 3.19. The Bertz CT molecular complexity index is 587. The molecule has 0 saturated carbocycles.